The van der Waals surface area contributed by atoms with Crippen LogP contribution in [0.5, 0.6) is 0 Å². The van der Waals surface area contributed by atoms with Crippen molar-refractivity contribution in [2.45, 2.75) is 24.7 Å². The molecule has 1 fully saturated rings. The van der Waals surface area contributed by atoms with Crippen LogP contribution in [0.1, 0.15) is 40.5 Å². The van der Waals surface area contributed by atoms with Crippen molar-refractivity contribution in [2.24, 2.45) is 5.92 Å². The van der Waals surface area contributed by atoms with Crippen molar-refractivity contribution in [3.05, 3.63) is 59.7 Å². The van der Waals surface area contributed by atoms with Crippen molar-refractivity contribution in [1.82, 2.24) is 4.31 Å². The molecule has 0 bridgehead atoms. The summed E-state index contributed by atoms with van der Waals surface area (Å²) in [5.41, 5.74) is 1.09. The molecule has 0 aliphatic carbocycles. The zero-order valence-corrected chi connectivity index (χ0v) is 15.8. The predicted octanol–water partition coefficient (Wildman–Crippen LogP) is 2.91. The number of benzene rings is 2. The van der Waals surface area contributed by atoms with Crippen molar-refractivity contribution in [3.63, 3.8) is 0 Å². The summed E-state index contributed by atoms with van der Waals surface area (Å²) in [7, 11) is -3.56. The Balaban J connectivity index is 1.60. The molecule has 2 aliphatic heterocycles. The molecule has 2 aromatic carbocycles. The van der Waals surface area contributed by atoms with Crippen LogP contribution in [0.2, 0.25) is 0 Å². The Morgan fingerprint density at radius 3 is 1.89 bits per heavy atom. The van der Waals surface area contributed by atoms with Crippen LogP contribution >= 0.6 is 0 Å². The summed E-state index contributed by atoms with van der Waals surface area (Å²) < 4.78 is 27.1. The Hall–Kier alpha value is -2.51. The Labute approximate surface area is 158 Å². The van der Waals surface area contributed by atoms with Crippen molar-refractivity contribution in [2.75, 3.05) is 18.0 Å². The van der Waals surface area contributed by atoms with Gasteiger partial charge in [0.05, 0.1) is 21.7 Å². The number of nitrogens with zero attached hydrogens (tertiary/aromatic N) is 2. The van der Waals surface area contributed by atoms with Gasteiger partial charge in [0, 0.05) is 13.1 Å². The fourth-order valence-corrected chi connectivity index (χ4v) is 5.03. The summed E-state index contributed by atoms with van der Waals surface area (Å²) in [5.74, 6) is -0.250. The molecule has 27 heavy (non-hydrogen) atoms. The normalized spacial score (nSPS) is 18.8. The molecule has 6 nitrogen and oxygen atoms in total. The first-order chi connectivity index (χ1) is 12.9. The molecule has 0 spiro atoms. The number of hydrogen-bond acceptors (Lipinski definition) is 4. The molecule has 0 atom stereocenters. The number of rotatable bonds is 3. The molecule has 7 heteroatoms. The fraction of sp³-hybridized carbons (Fsp3) is 0.300. The highest BCUT2D eigenvalue weighted by atomic mass is 32.2. The van der Waals surface area contributed by atoms with Crippen LogP contribution in [0.4, 0.5) is 5.69 Å². The number of piperidine rings is 1. The molecular formula is C20H20N2O4S. The highest BCUT2D eigenvalue weighted by Crippen LogP contribution is 2.30. The second-order valence-corrected chi connectivity index (χ2v) is 9.01. The van der Waals surface area contributed by atoms with Gasteiger partial charge in [-0.1, -0.05) is 19.1 Å². The number of imide groups is 1. The fourth-order valence-electron chi connectivity index (χ4n) is 3.57. The van der Waals surface area contributed by atoms with Gasteiger partial charge in [-0.15, -0.1) is 0 Å². The smallest absolute Gasteiger partial charge is 0.266 e. The van der Waals surface area contributed by atoms with Gasteiger partial charge in [0.1, 0.15) is 0 Å². The maximum Gasteiger partial charge on any atom is 0.266 e. The van der Waals surface area contributed by atoms with E-state index in [-0.39, 0.29) is 4.90 Å². The molecule has 1 saturated heterocycles. The molecule has 0 unspecified atom stereocenters. The van der Waals surface area contributed by atoms with Crippen LogP contribution in [-0.4, -0.2) is 37.6 Å². The SMILES string of the molecule is CC1CCN(S(=O)(=O)c2ccc(N3C(=O)c4ccccc4C3=O)cc2)CC1. The summed E-state index contributed by atoms with van der Waals surface area (Å²) in [6.45, 7) is 3.16. The maximum absolute atomic E-state index is 12.8. The van der Waals surface area contributed by atoms with E-state index in [0.29, 0.717) is 35.8 Å². The zero-order chi connectivity index (χ0) is 19.2. The molecule has 0 radical (unpaired) electrons. The molecule has 0 aromatic heterocycles. The van der Waals surface area contributed by atoms with E-state index < -0.39 is 21.8 Å². The van der Waals surface area contributed by atoms with Crippen molar-refractivity contribution in [3.8, 4) is 0 Å². The van der Waals surface area contributed by atoms with Crippen molar-refractivity contribution in [1.29, 1.82) is 0 Å². The van der Waals surface area contributed by atoms with Gasteiger partial charge >= 0.3 is 0 Å². The average molecular weight is 384 g/mol. The van der Waals surface area contributed by atoms with Crippen molar-refractivity contribution < 1.29 is 18.0 Å². The van der Waals surface area contributed by atoms with Crippen LogP contribution in [0.15, 0.2) is 53.4 Å². The highest BCUT2D eigenvalue weighted by molar-refractivity contribution is 7.89. The van der Waals surface area contributed by atoms with Gasteiger partial charge in [-0.25, -0.2) is 13.3 Å². The summed E-state index contributed by atoms with van der Waals surface area (Å²) in [6.07, 6.45) is 1.71. The Morgan fingerprint density at radius 2 is 1.37 bits per heavy atom. The minimum atomic E-state index is -3.56. The van der Waals surface area contributed by atoms with Gasteiger partial charge < -0.3 is 0 Å². The number of carbonyl (C=O) groups excluding carboxylic acids is 2. The lowest BCUT2D eigenvalue weighted by molar-refractivity contribution is 0.0926. The standard InChI is InChI=1S/C20H20N2O4S/c1-14-10-12-21(13-11-14)27(25,26)16-8-6-15(7-9-16)22-19(23)17-4-2-3-5-18(17)20(22)24/h2-9,14H,10-13H2,1H3. The maximum atomic E-state index is 12.8. The van der Waals surface area contributed by atoms with E-state index in [1.165, 1.54) is 28.6 Å². The quantitative estimate of drug-likeness (QED) is 0.763. The summed E-state index contributed by atoms with van der Waals surface area (Å²) in [6, 6.07) is 12.6. The first-order valence-corrected chi connectivity index (χ1v) is 10.4. The van der Waals surface area contributed by atoms with E-state index in [1.54, 1.807) is 24.3 Å². The molecular weight excluding hydrogens is 364 g/mol. The van der Waals surface area contributed by atoms with E-state index in [1.807, 2.05) is 0 Å². The lowest BCUT2D eigenvalue weighted by atomic mass is 10.0. The number of carbonyl (C=O) groups is 2. The predicted molar refractivity (Wildman–Crippen MR) is 101 cm³/mol. The molecule has 2 amide bonds. The van der Waals surface area contributed by atoms with Crippen molar-refractivity contribution >= 4 is 27.5 Å². The van der Waals surface area contributed by atoms with Gasteiger partial charge in [-0.05, 0) is 55.2 Å². The lowest BCUT2D eigenvalue weighted by Gasteiger charge is -2.29. The minimum absolute atomic E-state index is 0.178. The van der Waals surface area contributed by atoms with Gasteiger partial charge in [-0.3, -0.25) is 9.59 Å². The molecule has 0 saturated carbocycles. The molecule has 2 aliphatic rings. The first-order valence-electron chi connectivity index (χ1n) is 8.97. The minimum Gasteiger partial charge on any atom is -0.268 e. The second-order valence-electron chi connectivity index (χ2n) is 7.07. The van der Waals surface area contributed by atoms with Gasteiger partial charge in [0.2, 0.25) is 10.0 Å². The summed E-state index contributed by atoms with van der Waals surface area (Å²) in [4.78, 5) is 26.4. The largest absolute Gasteiger partial charge is 0.268 e. The van der Waals surface area contributed by atoms with E-state index in [4.69, 9.17) is 0 Å². The first kappa shape index (κ1) is 17.9. The second kappa shape index (κ2) is 6.58. The van der Waals surface area contributed by atoms with Gasteiger partial charge in [0.25, 0.3) is 11.8 Å². The molecule has 4 rings (SSSR count). The Kier molecular flexibility index (Phi) is 4.36. The van der Waals surface area contributed by atoms with E-state index >= 15 is 0 Å². The number of sulfonamides is 1. The number of amides is 2. The topological polar surface area (TPSA) is 74.8 Å². The third-order valence-corrected chi connectivity index (χ3v) is 7.18. The highest BCUT2D eigenvalue weighted by Gasteiger charge is 2.36. The monoisotopic (exact) mass is 384 g/mol. The van der Waals surface area contributed by atoms with Gasteiger partial charge in [0.15, 0.2) is 0 Å². The van der Waals surface area contributed by atoms with Crippen LogP contribution < -0.4 is 4.90 Å². The Morgan fingerprint density at radius 1 is 0.852 bits per heavy atom. The number of hydrogen-bond donors (Lipinski definition) is 0. The molecule has 140 valence electrons. The van der Waals surface area contributed by atoms with E-state index in [9.17, 15) is 18.0 Å². The number of fused-ring (bicyclic) bond motifs is 1. The van der Waals surface area contributed by atoms with Crippen LogP contribution in [0, 0.1) is 5.92 Å². The molecule has 0 N–H and O–H groups in total. The average Bonchev–Trinajstić information content (AvgIpc) is 2.93. The number of anilines is 1. The van der Waals surface area contributed by atoms with Crippen LogP contribution in [-0.2, 0) is 10.0 Å². The van der Waals surface area contributed by atoms with E-state index in [2.05, 4.69) is 6.92 Å². The summed E-state index contributed by atoms with van der Waals surface area (Å²) >= 11 is 0. The molecule has 2 aromatic rings. The third-order valence-electron chi connectivity index (χ3n) is 5.27. The zero-order valence-electron chi connectivity index (χ0n) is 15.0. The van der Waals surface area contributed by atoms with E-state index in [0.717, 1.165) is 17.7 Å². The van der Waals surface area contributed by atoms with Crippen LogP contribution in [0.3, 0.4) is 0 Å². The lowest BCUT2D eigenvalue weighted by Crippen LogP contribution is -2.37. The Bertz CT molecular complexity index is 972. The van der Waals surface area contributed by atoms with Gasteiger partial charge in [-0.2, -0.15) is 4.31 Å². The summed E-state index contributed by atoms with van der Waals surface area (Å²) in [5, 5.41) is 0. The van der Waals surface area contributed by atoms with Crippen LogP contribution in [0.25, 0.3) is 0 Å². The molecule has 2 heterocycles. The third kappa shape index (κ3) is 2.96.